The standard InChI is InChI=1S/C14H13N3O/c1-2-8-15-10-13(18)17-12-7-3-5-11-6-4-9-16-14(11)12/h1,3-7,9,15H,8,10H2,(H,17,18). The van der Waals surface area contributed by atoms with Crippen LogP contribution in [-0.2, 0) is 4.79 Å². The molecule has 1 aromatic carbocycles. The Bertz CT molecular complexity index is 596. The van der Waals surface area contributed by atoms with Crippen molar-refractivity contribution in [1.29, 1.82) is 0 Å². The van der Waals surface area contributed by atoms with Crippen molar-refractivity contribution >= 4 is 22.5 Å². The molecule has 18 heavy (non-hydrogen) atoms. The molecule has 0 atom stereocenters. The summed E-state index contributed by atoms with van der Waals surface area (Å²) in [5, 5.41) is 6.64. The summed E-state index contributed by atoms with van der Waals surface area (Å²) in [6, 6.07) is 9.48. The summed E-state index contributed by atoms with van der Waals surface area (Å²) in [5.41, 5.74) is 1.49. The first-order valence-corrected chi connectivity index (χ1v) is 5.59. The average molecular weight is 239 g/mol. The lowest BCUT2D eigenvalue weighted by Crippen LogP contribution is -2.28. The van der Waals surface area contributed by atoms with Crippen molar-refractivity contribution in [3.05, 3.63) is 36.5 Å². The first-order chi connectivity index (χ1) is 8.81. The number of aromatic nitrogens is 1. The smallest absolute Gasteiger partial charge is 0.238 e. The van der Waals surface area contributed by atoms with Gasteiger partial charge in [-0.3, -0.25) is 15.1 Å². The largest absolute Gasteiger partial charge is 0.323 e. The molecule has 1 heterocycles. The van der Waals surface area contributed by atoms with Crippen LogP contribution in [0, 0.1) is 12.3 Å². The van der Waals surface area contributed by atoms with E-state index in [0.29, 0.717) is 12.2 Å². The number of amides is 1. The highest BCUT2D eigenvalue weighted by Crippen LogP contribution is 2.20. The van der Waals surface area contributed by atoms with Gasteiger partial charge in [0.1, 0.15) is 0 Å². The Balaban J connectivity index is 2.12. The second-order valence-corrected chi connectivity index (χ2v) is 3.74. The van der Waals surface area contributed by atoms with E-state index in [9.17, 15) is 4.79 Å². The zero-order valence-electron chi connectivity index (χ0n) is 9.81. The average Bonchev–Trinajstić information content (AvgIpc) is 2.39. The number of hydrogen-bond acceptors (Lipinski definition) is 3. The minimum absolute atomic E-state index is 0.136. The molecule has 0 radical (unpaired) electrons. The maximum absolute atomic E-state index is 11.7. The van der Waals surface area contributed by atoms with Gasteiger partial charge in [-0.15, -0.1) is 6.42 Å². The maximum Gasteiger partial charge on any atom is 0.238 e. The van der Waals surface area contributed by atoms with Gasteiger partial charge in [0.15, 0.2) is 0 Å². The number of benzene rings is 1. The Hall–Kier alpha value is -2.38. The molecule has 2 rings (SSSR count). The molecule has 0 fully saturated rings. The first-order valence-electron chi connectivity index (χ1n) is 5.59. The highest BCUT2D eigenvalue weighted by atomic mass is 16.1. The van der Waals surface area contributed by atoms with Crippen LogP contribution in [0.1, 0.15) is 0 Å². The number of rotatable bonds is 4. The molecule has 4 heteroatoms. The van der Waals surface area contributed by atoms with E-state index < -0.39 is 0 Å². The Labute approximate surface area is 105 Å². The molecule has 4 nitrogen and oxygen atoms in total. The third kappa shape index (κ3) is 2.84. The predicted molar refractivity (Wildman–Crippen MR) is 72.1 cm³/mol. The molecule has 0 saturated heterocycles. The van der Waals surface area contributed by atoms with E-state index >= 15 is 0 Å². The van der Waals surface area contributed by atoms with Gasteiger partial charge in [-0.25, -0.2) is 0 Å². The van der Waals surface area contributed by atoms with Crippen LogP contribution in [0.5, 0.6) is 0 Å². The number of terminal acetylenes is 1. The second kappa shape index (κ2) is 5.80. The van der Waals surface area contributed by atoms with E-state index in [-0.39, 0.29) is 12.5 Å². The lowest BCUT2D eigenvalue weighted by atomic mass is 10.2. The third-order valence-corrected chi connectivity index (χ3v) is 2.42. The number of para-hydroxylation sites is 1. The number of nitrogens with zero attached hydrogens (tertiary/aromatic N) is 1. The molecule has 90 valence electrons. The van der Waals surface area contributed by atoms with Gasteiger partial charge in [-0.2, -0.15) is 0 Å². The van der Waals surface area contributed by atoms with E-state index in [4.69, 9.17) is 6.42 Å². The van der Waals surface area contributed by atoms with Crippen molar-refractivity contribution in [2.45, 2.75) is 0 Å². The zero-order chi connectivity index (χ0) is 12.8. The molecular weight excluding hydrogens is 226 g/mol. The Morgan fingerprint density at radius 1 is 1.33 bits per heavy atom. The van der Waals surface area contributed by atoms with Gasteiger partial charge in [-0.05, 0) is 12.1 Å². The topological polar surface area (TPSA) is 54.0 Å². The summed E-state index contributed by atoms with van der Waals surface area (Å²) in [7, 11) is 0. The van der Waals surface area contributed by atoms with Crippen molar-refractivity contribution in [3.8, 4) is 12.3 Å². The molecule has 0 saturated carbocycles. The minimum atomic E-state index is -0.136. The number of fused-ring (bicyclic) bond motifs is 1. The van der Waals surface area contributed by atoms with Crippen LogP contribution in [0.15, 0.2) is 36.5 Å². The minimum Gasteiger partial charge on any atom is -0.323 e. The van der Waals surface area contributed by atoms with E-state index in [1.54, 1.807) is 6.20 Å². The summed E-state index contributed by atoms with van der Waals surface area (Å²) in [4.78, 5) is 15.9. The molecule has 0 unspecified atom stereocenters. The van der Waals surface area contributed by atoms with Crippen LogP contribution in [0.4, 0.5) is 5.69 Å². The molecule has 0 aliphatic heterocycles. The monoisotopic (exact) mass is 239 g/mol. The first kappa shape index (κ1) is 12.1. The SMILES string of the molecule is C#CCNCC(=O)Nc1cccc2cccnc12. The van der Waals surface area contributed by atoms with Crippen LogP contribution in [0.2, 0.25) is 0 Å². The number of anilines is 1. The van der Waals surface area contributed by atoms with Gasteiger partial charge in [0.2, 0.25) is 5.91 Å². The molecule has 2 N–H and O–H groups in total. The number of carbonyl (C=O) groups excluding carboxylic acids is 1. The molecule has 0 bridgehead atoms. The number of nitrogens with one attached hydrogen (secondary N) is 2. The lowest BCUT2D eigenvalue weighted by Gasteiger charge is -2.07. The van der Waals surface area contributed by atoms with Crippen molar-refractivity contribution in [3.63, 3.8) is 0 Å². The van der Waals surface area contributed by atoms with Crippen LogP contribution in [-0.4, -0.2) is 24.0 Å². The van der Waals surface area contributed by atoms with Crippen LogP contribution in [0.3, 0.4) is 0 Å². The molecule has 0 spiro atoms. The molecular formula is C14H13N3O. The Morgan fingerprint density at radius 3 is 3.00 bits per heavy atom. The Morgan fingerprint density at radius 2 is 2.17 bits per heavy atom. The van der Waals surface area contributed by atoms with E-state index in [0.717, 1.165) is 10.9 Å². The van der Waals surface area contributed by atoms with Crippen molar-refractivity contribution in [1.82, 2.24) is 10.3 Å². The molecule has 0 aliphatic rings. The van der Waals surface area contributed by atoms with Gasteiger partial charge in [-0.1, -0.05) is 24.1 Å². The normalized spacial score (nSPS) is 9.94. The highest BCUT2D eigenvalue weighted by Gasteiger charge is 2.05. The molecule has 1 aromatic heterocycles. The van der Waals surface area contributed by atoms with Gasteiger partial charge in [0.25, 0.3) is 0 Å². The molecule has 2 aromatic rings. The summed E-state index contributed by atoms with van der Waals surface area (Å²) in [6.07, 6.45) is 6.79. The summed E-state index contributed by atoms with van der Waals surface area (Å²) in [6.45, 7) is 0.564. The Kier molecular flexibility index (Phi) is 3.90. The second-order valence-electron chi connectivity index (χ2n) is 3.74. The van der Waals surface area contributed by atoms with Gasteiger partial charge < -0.3 is 5.32 Å². The van der Waals surface area contributed by atoms with Crippen molar-refractivity contribution in [2.24, 2.45) is 0 Å². The summed E-state index contributed by atoms with van der Waals surface area (Å²) < 4.78 is 0. The van der Waals surface area contributed by atoms with E-state index in [1.165, 1.54) is 0 Å². The number of hydrogen-bond donors (Lipinski definition) is 2. The fraction of sp³-hybridized carbons (Fsp3) is 0.143. The van der Waals surface area contributed by atoms with Gasteiger partial charge in [0, 0.05) is 11.6 Å². The van der Waals surface area contributed by atoms with Crippen LogP contribution < -0.4 is 10.6 Å². The van der Waals surface area contributed by atoms with E-state index in [2.05, 4.69) is 21.5 Å². The van der Waals surface area contributed by atoms with Crippen LogP contribution >= 0.6 is 0 Å². The predicted octanol–water partition coefficient (Wildman–Crippen LogP) is 1.40. The van der Waals surface area contributed by atoms with Crippen LogP contribution in [0.25, 0.3) is 10.9 Å². The van der Waals surface area contributed by atoms with Gasteiger partial charge >= 0.3 is 0 Å². The van der Waals surface area contributed by atoms with E-state index in [1.807, 2.05) is 30.3 Å². The summed E-state index contributed by atoms with van der Waals surface area (Å²) >= 11 is 0. The number of pyridine rings is 1. The third-order valence-electron chi connectivity index (χ3n) is 2.42. The van der Waals surface area contributed by atoms with Crippen molar-refractivity contribution < 1.29 is 4.79 Å². The number of carbonyl (C=O) groups is 1. The maximum atomic E-state index is 11.7. The molecule has 0 aliphatic carbocycles. The highest BCUT2D eigenvalue weighted by molar-refractivity contribution is 6.00. The lowest BCUT2D eigenvalue weighted by molar-refractivity contribution is -0.115. The van der Waals surface area contributed by atoms with Crippen molar-refractivity contribution in [2.75, 3.05) is 18.4 Å². The fourth-order valence-electron chi connectivity index (χ4n) is 1.65. The molecule has 1 amide bonds. The zero-order valence-corrected chi connectivity index (χ0v) is 9.81. The van der Waals surface area contributed by atoms with Gasteiger partial charge in [0.05, 0.1) is 24.3 Å². The fourth-order valence-corrected chi connectivity index (χ4v) is 1.65. The quantitative estimate of drug-likeness (QED) is 0.626. The summed E-state index contributed by atoms with van der Waals surface area (Å²) in [5.74, 6) is 2.28.